The molecule has 1 fully saturated rings. The van der Waals surface area contributed by atoms with Crippen LogP contribution in [0.5, 0.6) is 0 Å². The van der Waals surface area contributed by atoms with Crippen molar-refractivity contribution in [2.45, 2.75) is 142 Å². The van der Waals surface area contributed by atoms with Crippen LogP contribution in [0, 0.1) is 17.8 Å². The summed E-state index contributed by atoms with van der Waals surface area (Å²) in [6, 6.07) is 0. The van der Waals surface area contributed by atoms with E-state index in [1.807, 2.05) is 0 Å². The maximum atomic E-state index is 12.9. The van der Waals surface area contributed by atoms with Crippen LogP contribution >= 0.6 is 0 Å². The molecule has 4 nitrogen and oxygen atoms in total. The standard InChI is InChI=1S/C27H50O4/c1-4-7-9-10-11-12-13-14-15-20-25(22(6-3)17-8-5-2)31-27(30)24-19-16-18-23(21-24)26(28)29/h22-25H,4-21H2,1-3H3,(H,28,29). The number of carbonyl (C=O) groups excluding carboxylic acids is 1. The Balaban J connectivity index is 2.49. The minimum absolute atomic E-state index is 0.00110. The minimum Gasteiger partial charge on any atom is -0.481 e. The summed E-state index contributed by atoms with van der Waals surface area (Å²) >= 11 is 0. The third kappa shape index (κ3) is 11.9. The number of aliphatic carboxylic acids is 1. The molecule has 0 bridgehead atoms. The molecule has 31 heavy (non-hydrogen) atoms. The lowest BCUT2D eigenvalue weighted by molar-refractivity contribution is -0.160. The van der Waals surface area contributed by atoms with E-state index >= 15 is 0 Å². The topological polar surface area (TPSA) is 63.6 Å². The van der Waals surface area contributed by atoms with Gasteiger partial charge in [-0.2, -0.15) is 0 Å². The van der Waals surface area contributed by atoms with Gasteiger partial charge in [0.25, 0.3) is 0 Å². The number of carboxylic acid groups (broad SMARTS) is 1. The van der Waals surface area contributed by atoms with Crippen molar-refractivity contribution in [2.24, 2.45) is 17.8 Å². The normalized spacial score (nSPS) is 20.9. The largest absolute Gasteiger partial charge is 0.481 e. The van der Waals surface area contributed by atoms with Gasteiger partial charge in [0.2, 0.25) is 0 Å². The number of hydrogen-bond acceptors (Lipinski definition) is 3. The van der Waals surface area contributed by atoms with Gasteiger partial charge in [-0.25, -0.2) is 0 Å². The highest BCUT2D eigenvalue weighted by Gasteiger charge is 2.34. The molecule has 0 radical (unpaired) electrons. The van der Waals surface area contributed by atoms with E-state index in [1.54, 1.807) is 0 Å². The number of esters is 1. The van der Waals surface area contributed by atoms with Crippen LogP contribution in [0.15, 0.2) is 0 Å². The zero-order valence-corrected chi connectivity index (χ0v) is 20.7. The van der Waals surface area contributed by atoms with Gasteiger partial charge < -0.3 is 9.84 Å². The van der Waals surface area contributed by atoms with Crippen LogP contribution < -0.4 is 0 Å². The third-order valence-electron chi connectivity index (χ3n) is 7.20. The number of hydrogen-bond donors (Lipinski definition) is 1. The van der Waals surface area contributed by atoms with Crippen LogP contribution in [0.4, 0.5) is 0 Å². The van der Waals surface area contributed by atoms with E-state index in [1.165, 1.54) is 57.8 Å². The van der Waals surface area contributed by atoms with Crippen molar-refractivity contribution < 1.29 is 19.4 Å². The van der Waals surface area contributed by atoms with Crippen LogP contribution in [0.1, 0.15) is 136 Å². The Hall–Kier alpha value is -1.06. The van der Waals surface area contributed by atoms with E-state index in [-0.39, 0.29) is 23.9 Å². The minimum atomic E-state index is -0.766. The highest BCUT2D eigenvalue weighted by molar-refractivity contribution is 5.75. The van der Waals surface area contributed by atoms with Crippen LogP contribution in [-0.4, -0.2) is 23.1 Å². The van der Waals surface area contributed by atoms with Gasteiger partial charge >= 0.3 is 11.9 Å². The summed E-state index contributed by atoms with van der Waals surface area (Å²) in [7, 11) is 0. The van der Waals surface area contributed by atoms with Gasteiger partial charge in [-0.1, -0.05) is 91.4 Å². The van der Waals surface area contributed by atoms with E-state index in [4.69, 9.17) is 4.74 Å². The summed E-state index contributed by atoms with van der Waals surface area (Å²) in [5.41, 5.74) is 0. The SMILES string of the molecule is CCCCCCCCCCCC(OC(=O)C1CCCC(C(=O)O)C1)C(CC)CCCC. The second kappa shape index (κ2) is 17.5. The lowest BCUT2D eigenvalue weighted by Gasteiger charge is -2.30. The Morgan fingerprint density at radius 3 is 1.97 bits per heavy atom. The molecular weight excluding hydrogens is 388 g/mol. The van der Waals surface area contributed by atoms with Crippen LogP contribution in [0.3, 0.4) is 0 Å². The molecule has 4 heteroatoms. The highest BCUT2D eigenvalue weighted by Crippen LogP contribution is 2.32. The molecular formula is C27H50O4. The summed E-state index contributed by atoms with van der Waals surface area (Å²) in [5.74, 6) is -1.09. The maximum absolute atomic E-state index is 12.9. The molecule has 0 spiro atoms. The molecule has 0 aromatic carbocycles. The molecule has 0 heterocycles. The Morgan fingerprint density at radius 1 is 0.806 bits per heavy atom. The number of carbonyl (C=O) groups is 2. The number of carboxylic acids is 1. The summed E-state index contributed by atoms with van der Waals surface area (Å²) in [6.45, 7) is 6.67. The lowest BCUT2D eigenvalue weighted by atomic mass is 9.81. The van der Waals surface area contributed by atoms with Gasteiger partial charge in [0.15, 0.2) is 0 Å². The highest BCUT2D eigenvalue weighted by atomic mass is 16.5. The van der Waals surface area contributed by atoms with E-state index < -0.39 is 5.97 Å². The van der Waals surface area contributed by atoms with Gasteiger partial charge in [-0.15, -0.1) is 0 Å². The van der Waals surface area contributed by atoms with Crippen molar-refractivity contribution in [1.82, 2.24) is 0 Å². The van der Waals surface area contributed by atoms with Crippen molar-refractivity contribution in [3.63, 3.8) is 0 Å². The first kappa shape index (κ1) is 28.0. The first-order chi connectivity index (χ1) is 15.0. The monoisotopic (exact) mass is 438 g/mol. The summed E-state index contributed by atoms with van der Waals surface area (Å²) < 4.78 is 6.11. The summed E-state index contributed by atoms with van der Waals surface area (Å²) in [6.07, 6.45) is 19.9. The van der Waals surface area contributed by atoms with Gasteiger partial charge in [-0.05, 0) is 50.9 Å². The molecule has 0 aliphatic heterocycles. The first-order valence-electron chi connectivity index (χ1n) is 13.5. The van der Waals surface area contributed by atoms with E-state index in [9.17, 15) is 14.7 Å². The fraction of sp³-hybridized carbons (Fsp3) is 0.926. The second-order valence-corrected chi connectivity index (χ2v) is 9.80. The molecule has 1 rings (SSSR count). The van der Waals surface area contributed by atoms with E-state index in [0.717, 1.165) is 44.9 Å². The smallest absolute Gasteiger partial charge is 0.309 e. The zero-order chi connectivity index (χ0) is 22.9. The van der Waals surface area contributed by atoms with E-state index in [0.29, 0.717) is 18.8 Å². The fourth-order valence-corrected chi connectivity index (χ4v) is 5.04. The Kier molecular flexibility index (Phi) is 15.8. The Labute approximate surface area is 191 Å². The van der Waals surface area contributed by atoms with Crippen LogP contribution in [0.2, 0.25) is 0 Å². The van der Waals surface area contributed by atoms with Crippen molar-refractivity contribution in [3.8, 4) is 0 Å². The maximum Gasteiger partial charge on any atom is 0.309 e. The molecule has 1 N–H and O–H groups in total. The average molecular weight is 439 g/mol. The van der Waals surface area contributed by atoms with Gasteiger partial charge in [0.1, 0.15) is 6.10 Å². The fourth-order valence-electron chi connectivity index (χ4n) is 5.04. The molecule has 182 valence electrons. The molecule has 0 aromatic heterocycles. The van der Waals surface area contributed by atoms with Crippen LogP contribution in [0.25, 0.3) is 0 Å². The molecule has 1 aliphatic carbocycles. The summed E-state index contributed by atoms with van der Waals surface area (Å²) in [4.78, 5) is 24.3. The third-order valence-corrected chi connectivity index (χ3v) is 7.20. The predicted molar refractivity (Wildman–Crippen MR) is 128 cm³/mol. The van der Waals surface area contributed by atoms with Crippen molar-refractivity contribution in [3.05, 3.63) is 0 Å². The first-order valence-corrected chi connectivity index (χ1v) is 13.5. The van der Waals surface area contributed by atoms with Crippen LogP contribution in [-0.2, 0) is 14.3 Å². The number of unbranched alkanes of at least 4 members (excludes halogenated alkanes) is 9. The van der Waals surface area contributed by atoms with Gasteiger partial charge in [-0.3, -0.25) is 9.59 Å². The molecule has 4 unspecified atom stereocenters. The lowest BCUT2D eigenvalue weighted by Crippen LogP contribution is -2.33. The predicted octanol–water partition coefficient (Wildman–Crippen LogP) is 7.93. The van der Waals surface area contributed by atoms with Crippen molar-refractivity contribution >= 4 is 11.9 Å². The van der Waals surface area contributed by atoms with E-state index in [2.05, 4.69) is 20.8 Å². The number of ether oxygens (including phenoxy) is 1. The summed E-state index contributed by atoms with van der Waals surface area (Å²) in [5, 5.41) is 9.34. The molecule has 0 saturated heterocycles. The van der Waals surface area contributed by atoms with Crippen molar-refractivity contribution in [2.75, 3.05) is 0 Å². The molecule has 1 aliphatic rings. The van der Waals surface area contributed by atoms with Gasteiger partial charge in [0.05, 0.1) is 11.8 Å². The molecule has 1 saturated carbocycles. The molecule has 4 atom stereocenters. The molecule has 0 aromatic rings. The average Bonchev–Trinajstić information content (AvgIpc) is 2.78. The van der Waals surface area contributed by atoms with Gasteiger partial charge in [0, 0.05) is 0 Å². The quantitative estimate of drug-likeness (QED) is 0.174. The van der Waals surface area contributed by atoms with Crippen molar-refractivity contribution in [1.29, 1.82) is 0 Å². The Bertz CT molecular complexity index is 476. The number of rotatable bonds is 18. The second-order valence-electron chi connectivity index (χ2n) is 9.80. The zero-order valence-electron chi connectivity index (χ0n) is 20.7. The Morgan fingerprint density at radius 2 is 1.39 bits per heavy atom. The molecule has 0 amide bonds.